The number of nitrogens with zero attached hydrogens (tertiary/aromatic N) is 1. The van der Waals surface area contributed by atoms with Gasteiger partial charge in [0.15, 0.2) is 0 Å². The number of nitrogens with two attached hydrogens (primary N) is 1. The Morgan fingerprint density at radius 3 is 2.79 bits per heavy atom. The second-order valence-corrected chi connectivity index (χ2v) is 5.74. The van der Waals surface area contributed by atoms with Gasteiger partial charge < -0.3 is 15.6 Å². The molecule has 0 bridgehead atoms. The zero-order valence-corrected chi connectivity index (χ0v) is 11.2. The molecule has 1 aromatic rings. The zero-order chi connectivity index (χ0) is 13.3. The Morgan fingerprint density at radius 1 is 1.32 bits per heavy atom. The number of hydrogen-bond acceptors (Lipinski definition) is 4. The van der Waals surface area contributed by atoms with E-state index in [0.29, 0.717) is 12.6 Å². The van der Waals surface area contributed by atoms with E-state index in [-0.39, 0.29) is 0 Å². The van der Waals surface area contributed by atoms with Gasteiger partial charge in [-0.25, -0.2) is 0 Å². The predicted molar refractivity (Wildman–Crippen MR) is 74.2 cm³/mol. The van der Waals surface area contributed by atoms with Crippen LogP contribution in [0.15, 0.2) is 24.3 Å². The Balaban J connectivity index is 1.64. The Morgan fingerprint density at radius 2 is 2.05 bits per heavy atom. The van der Waals surface area contributed by atoms with Crippen molar-refractivity contribution < 1.29 is 9.84 Å². The molecule has 0 amide bonds. The fourth-order valence-corrected chi connectivity index (χ4v) is 3.06. The van der Waals surface area contributed by atoms with Gasteiger partial charge in [-0.05, 0) is 30.9 Å². The van der Waals surface area contributed by atoms with Crippen LogP contribution in [0.25, 0.3) is 0 Å². The lowest BCUT2D eigenvalue weighted by atomic mass is 9.90. The summed E-state index contributed by atoms with van der Waals surface area (Å²) >= 11 is 0. The van der Waals surface area contributed by atoms with Crippen LogP contribution in [0.2, 0.25) is 0 Å². The normalized spacial score (nSPS) is 26.5. The second kappa shape index (κ2) is 5.12. The molecule has 1 unspecified atom stereocenters. The number of rotatable bonds is 2. The van der Waals surface area contributed by atoms with Gasteiger partial charge in [0.1, 0.15) is 12.4 Å². The van der Waals surface area contributed by atoms with Crippen LogP contribution in [0, 0.1) is 0 Å². The van der Waals surface area contributed by atoms with Crippen molar-refractivity contribution in [1.82, 2.24) is 4.90 Å². The van der Waals surface area contributed by atoms with E-state index in [1.165, 1.54) is 5.56 Å². The van der Waals surface area contributed by atoms with E-state index in [9.17, 15) is 5.11 Å². The SMILES string of the molecule is NCC1(O)CCN(C2COc3ccccc3C2)CC1. The van der Waals surface area contributed by atoms with Crippen molar-refractivity contribution in [1.29, 1.82) is 0 Å². The molecule has 1 atom stereocenters. The maximum atomic E-state index is 10.2. The highest BCUT2D eigenvalue weighted by molar-refractivity contribution is 5.35. The van der Waals surface area contributed by atoms with Gasteiger partial charge in [0, 0.05) is 25.7 Å². The van der Waals surface area contributed by atoms with Crippen LogP contribution in [0.4, 0.5) is 0 Å². The highest BCUT2D eigenvalue weighted by atomic mass is 16.5. The number of para-hydroxylation sites is 1. The average molecular weight is 262 g/mol. The zero-order valence-electron chi connectivity index (χ0n) is 11.2. The highest BCUT2D eigenvalue weighted by Crippen LogP contribution is 2.29. The minimum Gasteiger partial charge on any atom is -0.492 e. The molecular formula is C15H22N2O2. The van der Waals surface area contributed by atoms with Gasteiger partial charge in [-0.1, -0.05) is 18.2 Å². The van der Waals surface area contributed by atoms with E-state index in [4.69, 9.17) is 10.5 Å². The first-order valence-electron chi connectivity index (χ1n) is 7.07. The smallest absolute Gasteiger partial charge is 0.122 e. The molecule has 4 heteroatoms. The first-order chi connectivity index (χ1) is 9.20. The highest BCUT2D eigenvalue weighted by Gasteiger charge is 2.34. The van der Waals surface area contributed by atoms with Gasteiger partial charge in [-0.2, -0.15) is 0 Å². The van der Waals surface area contributed by atoms with E-state index < -0.39 is 5.60 Å². The Bertz CT molecular complexity index is 442. The van der Waals surface area contributed by atoms with E-state index >= 15 is 0 Å². The first kappa shape index (κ1) is 12.9. The second-order valence-electron chi connectivity index (χ2n) is 5.74. The van der Waals surface area contributed by atoms with Gasteiger partial charge in [0.2, 0.25) is 0 Å². The number of aliphatic hydroxyl groups is 1. The molecule has 1 saturated heterocycles. The van der Waals surface area contributed by atoms with Crippen molar-refractivity contribution in [3.05, 3.63) is 29.8 Å². The number of fused-ring (bicyclic) bond motifs is 1. The predicted octanol–water partition coefficient (Wildman–Crippen LogP) is 0.776. The summed E-state index contributed by atoms with van der Waals surface area (Å²) in [6, 6.07) is 8.68. The van der Waals surface area contributed by atoms with Gasteiger partial charge in [0.25, 0.3) is 0 Å². The molecule has 0 spiro atoms. The van der Waals surface area contributed by atoms with Crippen molar-refractivity contribution in [3.8, 4) is 5.75 Å². The molecule has 2 aliphatic rings. The maximum Gasteiger partial charge on any atom is 0.122 e. The van der Waals surface area contributed by atoms with Gasteiger partial charge >= 0.3 is 0 Å². The Labute approximate surface area is 114 Å². The van der Waals surface area contributed by atoms with Crippen LogP contribution in [0.5, 0.6) is 5.75 Å². The summed E-state index contributed by atoms with van der Waals surface area (Å²) < 4.78 is 5.84. The summed E-state index contributed by atoms with van der Waals surface area (Å²) in [6.07, 6.45) is 2.57. The lowest BCUT2D eigenvalue weighted by molar-refractivity contribution is -0.0304. The summed E-state index contributed by atoms with van der Waals surface area (Å²) in [5.74, 6) is 1.02. The van der Waals surface area contributed by atoms with E-state index in [2.05, 4.69) is 17.0 Å². The van der Waals surface area contributed by atoms with Crippen LogP contribution < -0.4 is 10.5 Å². The molecule has 3 N–H and O–H groups in total. The summed E-state index contributed by atoms with van der Waals surface area (Å²) in [7, 11) is 0. The monoisotopic (exact) mass is 262 g/mol. The molecule has 2 aliphatic heterocycles. The fourth-order valence-electron chi connectivity index (χ4n) is 3.06. The maximum absolute atomic E-state index is 10.2. The van der Waals surface area contributed by atoms with Crippen LogP contribution in [0.1, 0.15) is 18.4 Å². The third-order valence-corrected chi connectivity index (χ3v) is 4.48. The largest absolute Gasteiger partial charge is 0.492 e. The van der Waals surface area contributed by atoms with E-state index in [1.54, 1.807) is 0 Å². The molecule has 0 aromatic heterocycles. The van der Waals surface area contributed by atoms with E-state index in [1.807, 2.05) is 12.1 Å². The molecule has 0 radical (unpaired) electrons. The average Bonchev–Trinajstić information content (AvgIpc) is 2.47. The standard InChI is InChI=1S/C15H22N2O2/c16-11-15(18)5-7-17(8-6-15)13-9-12-3-1-2-4-14(12)19-10-13/h1-4,13,18H,5-11,16H2. The summed E-state index contributed by atoms with van der Waals surface area (Å²) in [6.45, 7) is 2.93. The van der Waals surface area contributed by atoms with Crippen LogP contribution >= 0.6 is 0 Å². The van der Waals surface area contributed by atoms with Crippen LogP contribution in [-0.4, -0.2) is 47.9 Å². The van der Waals surface area contributed by atoms with Crippen molar-refractivity contribution in [2.45, 2.75) is 30.9 Å². The summed E-state index contributed by atoms with van der Waals surface area (Å²) in [5, 5.41) is 10.2. The number of piperidine rings is 1. The molecular weight excluding hydrogens is 240 g/mol. The van der Waals surface area contributed by atoms with Crippen LogP contribution in [-0.2, 0) is 6.42 Å². The van der Waals surface area contributed by atoms with E-state index in [0.717, 1.165) is 44.7 Å². The minimum atomic E-state index is -0.649. The number of likely N-dealkylation sites (tertiary alicyclic amines) is 1. The summed E-state index contributed by atoms with van der Waals surface area (Å²) in [4.78, 5) is 2.43. The fraction of sp³-hybridized carbons (Fsp3) is 0.600. The number of benzene rings is 1. The van der Waals surface area contributed by atoms with Crippen molar-refractivity contribution >= 4 is 0 Å². The first-order valence-corrected chi connectivity index (χ1v) is 7.07. The van der Waals surface area contributed by atoms with Gasteiger partial charge in [-0.3, -0.25) is 4.90 Å². The van der Waals surface area contributed by atoms with Crippen molar-refractivity contribution in [3.63, 3.8) is 0 Å². The third-order valence-electron chi connectivity index (χ3n) is 4.48. The quantitative estimate of drug-likeness (QED) is 0.827. The summed E-state index contributed by atoms with van der Waals surface area (Å²) in [5.41, 5.74) is 6.27. The molecule has 1 fully saturated rings. The number of hydrogen-bond donors (Lipinski definition) is 2. The Hall–Kier alpha value is -1.10. The van der Waals surface area contributed by atoms with Crippen molar-refractivity contribution in [2.24, 2.45) is 5.73 Å². The molecule has 0 saturated carbocycles. The van der Waals surface area contributed by atoms with Crippen molar-refractivity contribution in [2.75, 3.05) is 26.2 Å². The molecule has 104 valence electrons. The molecule has 19 heavy (non-hydrogen) atoms. The topological polar surface area (TPSA) is 58.7 Å². The molecule has 2 heterocycles. The lowest BCUT2D eigenvalue weighted by Crippen LogP contribution is -2.53. The van der Waals surface area contributed by atoms with Gasteiger partial charge in [0.05, 0.1) is 5.60 Å². The lowest BCUT2D eigenvalue weighted by Gasteiger charge is -2.42. The molecule has 0 aliphatic carbocycles. The molecule has 1 aromatic carbocycles. The molecule has 3 rings (SSSR count). The molecule has 4 nitrogen and oxygen atoms in total. The van der Waals surface area contributed by atoms with Gasteiger partial charge in [-0.15, -0.1) is 0 Å². The number of ether oxygens (including phenoxy) is 1. The van der Waals surface area contributed by atoms with Crippen LogP contribution in [0.3, 0.4) is 0 Å². The Kier molecular flexibility index (Phi) is 3.48. The minimum absolute atomic E-state index is 0.366. The third kappa shape index (κ3) is 2.61.